The largest absolute Gasteiger partial charge is 0.478 e. The Labute approximate surface area is 220 Å². The van der Waals surface area contributed by atoms with Crippen LogP contribution >= 0.6 is 0 Å². The van der Waals surface area contributed by atoms with E-state index in [4.69, 9.17) is 0 Å². The SMILES string of the molecule is Cn1cc([C@@H]2C[C@H]2c2c(C(=O)O)cnn2-c2cccc(C3CCCN(S(=O)(=O)c4ccccc4)C3)c2)nn1. The highest BCUT2D eigenvalue weighted by Crippen LogP contribution is 2.55. The molecule has 10 nitrogen and oxygen atoms in total. The van der Waals surface area contributed by atoms with Crippen molar-refractivity contribution in [3.8, 4) is 5.69 Å². The third-order valence-electron chi connectivity index (χ3n) is 7.53. The third kappa shape index (κ3) is 4.41. The van der Waals surface area contributed by atoms with Crippen LogP contribution in [0.2, 0.25) is 0 Å². The molecule has 0 radical (unpaired) electrons. The molecule has 1 aliphatic heterocycles. The minimum atomic E-state index is -3.57. The summed E-state index contributed by atoms with van der Waals surface area (Å²) >= 11 is 0. The first-order valence-corrected chi connectivity index (χ1v) is 14.1. The summed E-state index contributed by atoms with van der Waals surface area (Å²) in [6, 6.07) is 16.4. The average Bonchev–Trinajstić information content (AvgIpc) is 3.38. The van der Waals surface area contributed by atoms with Crippen LogP contribution in [0.15, 0.2) is 71.9 Å². The number of sulfonamides is 1. The van der Waals surface area contributed by atoms with Crippen molar-refractivity contribution in [1.82, 2.24) is 29.1 Å². The molecule has 11 heteroatoms. The van der Waals surface area contributed by atoms with Gasteiger partial charge in [-0.15, -0.1) is 5.10 Å². The van der Waals surface area contributed by atoms with Gasteiger partial charge < -0.3 is 5.11 Å². The van der Waals surface area contributed by atoms with Crippen molar-refractivity contribution >= 4 is 16.0 Å². The molecule has 2 fully saturated rings. The van der Waals surface area contributed by atoms with Crippen LogP contribution in [0.3, 0.4) is 0 Å². The summed E-state index contributed by atoms with van der Waals surface area (Å²) < 4.78 is 31.4. The second-order valence-corrected chi connectivity index (χ2v) is 12.0. The van der Waals surface area contributed by atoms with E-state index in [0.717, 1.165) is 36.2 Å². The van der Waals surface area contributed by atoms with Gasteiger partial charge in [0.15, 0.2) is 0 Å². The third-order valence-corrected chi connectivity index (χ3v) is 9.41. The summed E-state index contributed by atoms with van der Waals surface area (Å²) in [5, 5.41) is 22.6. The predicted octanol–water partition coefficient (Wildman–Crippen LogP) is 3.54. The van der Waals surface area contributed by atoms with Gasteiger partial charge in [0.25, 0.3) is 0 Å². The van der Waals surface area contributed by atoms with E-state index in [9.17, 15) is 18.3 Å². The van der Waals surface area contributed by atoms with Crippen molar-refractivity contribution in [2.75, 3.05) is 13.1 Å². The van der Waals surface area contributed by atoms with E-state index in [-0.39, 0.29) is 23.3 Å². The fourth-order valence-corrected chi connectivity index (χ4v) is 7.07. The van der Waals surface area contributed by atoms with Crippen molar-refractivity contribution in [3.05, 3.63) is 89.5 Å². The normalized spacial score (nSPS) is 21.9. The number of aromatic carboxylic acids is 1. The molecule has 4 aromatic rings. The number of rotatable bonds is 7. The molecule has 2 aromatic carbocycles. The van der Waals surface area contributed by atoms with Crippen molar-refractivity contribution in [3.63, 3.8) is 0 Å². The molecule has 0 bridgehead atoms. The lowest BCUT2D eigenvalue weighted by atomic mass is 9.91. The van der Waals surface area contributed by atoms with E-state index in [2.05, 4.69) is 15.4 Å². The summed E-state index contributed by atoms with van der Waals surface area (Å²) in [5.41, 5.74) is 3.46. The second-order valence-electron chi connectivity index (χ2n) is 10.0. The molecule has 1 N–H and O–H groups in total. The number of aryl methyl sites for hydroxylation is 1. The minimum absolute atomic E-state index is 0.0217. The zero-order chi connectivity index (χ0) is 26.4. The Morgan fingerprint density at radius 3 is 2.63 bits per heavy atom. The van der Waals surface area contributed by atoms with Crippen molar-refractivity contribution in [2.45, 2.75) is 41.9 Å². The number of piperidine rings is 1. The molecular weight excluding hydrogens is 504 g/mol. The topological polar surface area (TPSA) is 123 Å². The zero-order valence-electron chi connectivity index (χ0n) is 20.9. The van der Waals surface area contributed by atoms with Gasteiger partial charge in [0, 0.05) is 38.2 Å². The second kappa shape index (κ2) is 9.48. The number of hydrogen-bond acceptors (Lipinski definition) is 6. The predicted molar refractivity (Wildman–Crippen MR) is 139 cm³/mol. The molecule has 6 rings (SSSR count). The molecule has 2 aromatic heterocycles. The number of carboxylic acids is 1. The van der Waals surface area contributed by atoms with Crippen LogP contribution in [0.1, 0.15) is 64.3 Å². The number of hydrogen-bond donors (Lipinski definition) is 1. The Kier molecular flexibility index (Phi) is 6.11. The van der Waals surface area contributed by atoms with E-state index in [1.165, 1.54) is 6.20 Å². The Morgan fingerprint density at radius 2 is 1.89 bits per heavy atom. The summed E-state index contributed by atoms with van der Waals surface area (Å²) in [4.78, 5) is 12.4. The monoisotopic (exact) mass is 532 g/mol. The van der Waals surface area contributed by atoms with Gasteiger partial charge in [0.1, 0.15) is 5.56 Å². The van der Waals surface area contributed by atoms with Crippen LogP contribution in [0, 0.1) is 0 Å². The molecule has 3 atom stereocenters. The zero-order valence-corrected chi connectivity index (χ0v) is 21.7. The first kappa shape index (κ1) is 24.5. The van der Waals surface area contributed by atoms with Gasteiger partial charge in [-0.2, -0.15) is 9.40 Å². The van der Waals surface area contributed by atoms with Gasteiger partial charge >= 0.3 is 5.97 Å². The molecule has 1 saturated carbocycles. The van der Waals surface area contributed by atoms with E-state index >= 15 is 0 Å². The molecular formula is C27H28N6O4S. The molecule has 3 heterocycles. The number of aromatic nitrogens is 5. The van der Waals surface area contributed by atoms with Crippen LogP contribution < -0.4 is 0 Å². The van der Waals surface area contributed by atoms with Crippen LogP contribution in [0.5, 0.6) is 0 Å². The molecule has 0 spiro atoms. The summed E-state index contributed by atoms with van der Waals surface area (Å²) in [7, 11) is -1.76. The molecule has 1 aliphatic carbocycles. The average molecular weight is 533 g/mol. The number of benzene rings is 2. The van der Waals surface area contributed by atoms with Crippen LogP contribution in [0.25, 0.3) is 5.69 Å². The van der Waals surface area contributed by atoms with E-state index in [1.807, 2.05) is 37.5 Å². The van der Waals surface area contributed by atoms with Crippen molar-refractivity contribution in [1.29, 1.82) is 0 Å². The summed E-state index contributed by atoms with van der Waals surface area (Å²) in [5.74, 6) is -0.921. The number of carboxylic acid groups (broad SMARTS) is 1. The van der Waals surface area contributed by atoms with Gasteiger partial charge in [-0.3, -0.25) is 4.68 Å². The van der Waals surface area contributed by atoms with Gasteiger partial charge in [-0.05, 0) is 55.0 Å². The first-order valence-electron chi connectivity index (χ1n) is 12.7. The molecule has 1 saturated heterocycles. The van der Waals surface area contributed by atoms with Gasteiger partial charge in [-0.1, -0.05) is 35.5 Å². The lowest BCUT2D eigenvalue weighted by Gasteiger charge is -2.32. The Bertz CT molecular complexity index is 1600. The van der Waals surface area contributed by atoms with E-state index < -0.39 is 16.0 Å². The van der Waals surface area contributed by atoms with Gasteiger partial charge in [0.05, 0.1) is 28.2 Å². The first-order chi connectivity index (χ1) is 18.3. The van der Waals surface area contributed by atoms with Gasteiger partial charge in [0.2, 0.25) is 10.0 Å². The number of carbonyl (C=O) groups is 1. The highest BCUT2D eigenvalue weighted by Gasteiger charge is 2.46. The van der Waals surface area contributed by atoms with Crippen molar-refractivity contribution < 1.29 is 18.3 Å². The van der Waals surface area contributed by atoms with E-state index in [0.29, 0.717) is 23.7 Å². The maximum atomic E-state index is 13.2. The quantitative estimate of drug-likeness (QED) is 0.386. The van der Waals surface area contributed by atoms with Crippen LogP contribution in [-0.4, -0.2) is 61.7 Å². The maximum absolute atomic E-state index is 13.2. The van der Waals surface area contributed by atoms with E-state index in [1.54, 1.807) is 44.0 Å². The molecule has 38 heavy (non-hydrogen) atoms. The van der Waals surface area contributed by atoms with Gasteiger partial charge in [-0.25, -0.2) is 17.9 Å². The lowest BCUT2D eigenvalue weighted by molar-refractivity contribution is 0.0695. The lowest BCUT2D eigenvalue weighted by Crippen LogP contribution is -2.39. The molecule has 0 amide bonds. The van der Waals surface area contributed by atoms with Crippen LogP contribution in [-0.2, 0) is 17.1 Å². The fourth-order valence-electron chi connectivity index (χ4n) is 5.53. The summed E-state index contributed by atoms with van der Waals surface area (Å²) in [6.07, 6.45) is 5.68. The Balaban J connectivity index is 1.29. The van der Waals surface area contributed by atoms with Crippen molar-refractivity contribution in [2.24, 2.45) is 7.05 Å². The fraction of sp³-hybridized carbons (Fsp3) is 0.333. The molecule has 1 unspecified atom stereocenters. The Morgan fingerprint density at radius 1 is 1.08 bits per heavy atom. The highest BCUT2D eigenvalue weighted by atomic mass is 32.2. The molecule has 2 aliphatic rings. The van der Waals surface area contributed by atoms with Crippen LogP contribution in [0.4, 0.5) is 0 Å². The number of nitrogens with zero attached hydrogens (tertiary/aromatic N) is 6. The standard InChI is InChI=1S/C27H28N6O4S/c1-31-17-25(29-30-31)22-14-23(22)26-24(27(34)35)15-28-33(26)20-9-5-7-18(13-20)19-8-6-12-32(16-19)38(36,37)21-10-3-2-4-11-21/h2-5,7,9-11,13,15,17,19,22-23H,6,8,12,14,16H2,1H3,(H,34,35)/t19?,22-,23-/m1/s1. The minimum Gasteiger partial charge on any atom is -0.478 e. The Hall–Kier alpha value is -3.83. The maximum Gasteiger partial charge on any atom is 0.339 e. The highest BCUT2D eigenvalue weighted by molar-refractivity contribution is 7.89. The molecule has 196 valence electrons. The summed E-state index contributed by atoms with van der Waals surface area (Å²) in [6.45, 7) is 0.883. The smallest absolute Gasteiger partial charge is 0.339 e.